The van der Waals surface area contributed by atoms with E-state index in [0.717, 1.165) is 35.9 Å². The minimum absolute atomic E-state index is 0.00577. The summed E-state index contributed by atoms with van der Waals surface area (Å²) in [7, 11) is 1.86. The Labute approximate surface area is 174 Å². The molecule has 0 amide bonds. The molecule has 0 aliphatic carbocycles. The number of aromatic hydroxyl groups is 1. The zero-order chi connectivity index (χ0) is 21.0. The van der Waals surface area contributed by atoms with Crippen molar-refractivity contribution in [1.29, 1.82) is 0 Å². The van der Waals surface area contributed by atoms with Crippen LogP contribution >= 0.6 is 0 Å². The maximum absolute atomic E-state index is 13.1. The lowest BCUT2D eigenvalue weighted by Crippen LogP contribution is -2.39. The molecule has 7 nitrogen and oxygen atoms in total. The van der Waals surface area contributed by atoms with Crippen LogP contribution in [-0.4, -0.2) is 37.0 Å². The number of nitrogens with one attached hydrogen (secondary N) is 1. The van der Waals surface area contributed by atoms with E-state index in [4.69, 9.17) is 4.98 Å². The number of piperidine rings is 1. The number of fused-ring (bicyclic) bond motifs is 2. The molecule has 3 aromatic heterocycles. The van der Waals surface area contributed by atoms with Gasteiger partial charge >= 0.3 is 0 Å². The number of pyridine rings is 2. The summed E-state index contributed by atoms with van der Waals surface area (Å²) in [6, 6.07) is 8.05. The molecule has 4 heterocycles. The minimum Gasteiger partial charge on any atom is -0.507 e. The average molecular weight is 403 g/mol. The zero-order valence-corrected chi connectivity index (χ0v) is 17.4. The number of nitrogens with zero attached hydrogens (tertiary/aromatic N) is 4. The van der Waals surface area contributed by atoms with Crippen molar-refractivity contribution >= 4 is 21.8 Å². The largest absolute Gasteiger partial charge is 0.507 e. The molecule has 1 saturated heterocycles. The van der Waals surface area contributed by atoms with Gasteiger partial charge in [0, 0.05) is 48.0 Å². The van der Waals surface area contributed by atoms with Gasteiger partial charge in [-0.3, -0.25) is 9.48 Å². The summed E-state index contributed by atoms with van der Waals surface area (Å²) in [5, 5.41) is 20.2. The van der Waals surface area contributed by atoms with Crippen molar-refractivity contribution in [2.75, 3.05) is 6.54 Å². The lowest BCUT2D eigenvalue weighted by atomic mass is 10.00. The van der Waals surface area contributed by atoms with E-state index in [-0.39, 0.29) is 17.4 Å². The molecule has 1 aliphatic rings. The number of aryl methyl sites for hydroxylation is 2. The van der Waals surface area contributed by atoms with Gasteiger partial charge in [-0.15, -0.1) is 0 Å². The van der Waals surface area contributed by atoms with Crippen LogP contribution in [0.2, 0.25) is 0 Å². The van der Waals surface area contributed by atoms with Crippen molar-refractivity contribution in [3.05, 3.63) is 52.6 Å². The summed E-state index contributed by atoms with van der Waals surface area (Å²) in [5.74, 6) is 0.171. The highest BCUT2D eigenvalue weighted by atomic mass is 16.3. The average Bonchev–Trinajstić information content (AvgIpc) is 3.11. The van der Waals surface area contributed by atoms with Gasteiger partial charge in [0.05, 0.1) is 22.1 Å². The van der Waals surface area contributed by atoms with Gasteiger partial charge < -0.3 is 15.0 Å². The molecule has 2 atom stereocenters. The van der Waals surface area contributed by atoms with Crippen LogP contribution < -0.4 is 10.9 Å². The number of hydrogen-bond acceptors (Lipinski definition) is 5. The Bertz CT molecular complexity index is 1340. The summed E-state index contributed by atoms with van der Waals surface area (Å²) in [4.78, 5) is 17.8. The number of hydrogen-bond donors (Lipinski definition) is 2. The Morgan fingerprint density at radius 3 is 2.90 bits per heavy atom. The first kappa shape index (κ1) is 18.8. The third-order valence-corrected chi connectivity index (χ3v) is 6.17. The smallest absolute Gasteiger partial charge is 0.260 e. The highest BCUT2D eigenvalue weighted by molar-refractivity contribution is 5.91. The molecule has 1 aliphatic heterocycles. The fraction of sp³-hybridized carbons (Fsp3) is 0.348. The molecule has 0 spiro atoms. The lowest BCUT2D eigenvalue weighted by Gasteiger charge is -2.29. The van der Waals surface area contributed by atoms with Gasteiger partial charge in [-0.05, 0) is 57.5 Å². The van der Waals surface area contributed by atoms with Gasteiger partial charge in [0.2, 0.25) is 0 Å². The monoisotopic (exact) mass is 403 g/mol. The second-order valence-electron chi connectivity index (χ2n) is 8.33. The summed E-state index contributed by atoms with van der Waals surface area (Å²) >= 11 is 0. The third-order valence-electron chi connectivity index (χ3n) is 6.17. The highest BCUT2D eigenvalue weighted by Gasteiger charge is 2.21. The van der Waals surface area contributed by atoms with E-state index >= 15 is 0 Å². The van der Waals surface area contributed by atoms with Gasteiger partial charge in [0.25, 0.3) is 5.56 Å². The van der Waals surface area contributed by atoms with Crippen molar-refractivity contribution in [2.24, 2.45) is 7.05 Å². The molecule has 0 radical (unpaired) electrons. The second kappa shape index (κ2) is 6.95. The topological polar surface area (TPSA) is 85.0 Å². The van der Waals surface area contributed by atoms with Crippen LogP contribution in [-0.2, 0) is 7.05 Å². The normalized spacial score (nSPS) is 19.6. The molecule has 2 N–H and O–H groups in total. The summed E-state index contributed by atoms with van der Waals surface area (Å²) in [6.07, 6.45) is 5.67. The maximum atomic E-state index is 13.1. The van der Waals surface area contributed by atoms with Crippen molar-refractivity contribution in [3.63, 3.8) is 0 Å². The van der Waals surface area contributed by atoms with E-state index in [0.29, 0.717) is 28.2 Å². The number of phenols is 1. The Balaban J connectivity index is 1.61. The molecule has 154 valence electrons. The van der Waals surface area contributed by atoms with Crippen molar-refractivity contribution in [3.8, 4) is 17.0 Å². The van der Waals surface area contributed by atoms with Gasteiger partial charge in [0.15, 0.2) is 0 Å². The van der Waals surface area contributed by atoms with Crippen molar-refractivity contribution in [2.45, 2.75) is 38.8 Å². The maximum Gasteiger partial charge on any atom is 0.260 e. The lowest BCUT2D eigenvalue weighted by molar-refractivity contribution is 0.309. The molecule has 4 aromatic rings. The van der Waals surface area contributed by atoms with Crippen molar-refractivity contribution < 1.29 is 5.11 Å². The number of aromatic nitrogens is 4. The van der Waals surface area contributed by atoms with Gasteiger partial charge in [0.1, 0.15) is 5.75 Å². The van der Waals surface area contributed by atoms with Gasteiger partial charge in [-0.2, -0.15) is 5.10 Å². The van der Waals surface area contributed by atoms with Crippen LogP contribution in [0.25, 0.3) is 33.1 Å². The predicted octanol–water partition coefficient (Wildman–Crippen LogP) is 3.28. The summed E-state index contributed by atoms with van der Waals surface area (Å²) in [5.41, 5.74) is 3.42. The number of phenolic OH excluding ortho intramolecular Hbond substituents is 1. The second-order valence-corrected chi connectivity index (χ2v) is 8.33. The van der Waals surface area contributed by atoms with Gasteiger partial charge in [-0.1, -0.05) is 0 Å². The first-order valence-electron chi connectivity index (χ1n) is 10.3. The molecular formula is C23H25N5O2. The fourth-order valence-electron chi connectivity index (χ4n) is 4.57. The van der Waals surface area contributed by atoms with Crippen LogP contribution in [0.4, 0.5) is 0 Å². The molecule has 5 rings (SSSR count). The van der Waals surface area contributed by atoms with Crippen LogP contribution in [0.15, 0.2) is 41.5 Å². The Morgan fingerprint density at radius 2 is 2.10 bits per heavy atom. The molecule has 30 heavy (non-hydrogen) atoms. The Kier molecular flexibility index (Phi) is 4.36. The minimum atomic E-state index is -0.00577. The third kappa shape index (κ3) is 2.97. The van der Waals surface area contributed by atoms with Crippen molar-refractivity contribution in [1.82, 2.24) is 24.6 Å². The molecule has 0 saturated carbocycles. The van der Waals surface area contributed by atoms with E-state index in [1.165, 1.54) is 0 Å². The van der Waals surface area contributed by atoms with Crippen LogP contribution in [0.1, 0.15) is 31.4 Å². The zero-order valence-electron chi connectivity index (χ0n) is 17.4. The number of rotatable bonds is 2. The first-order valence-corrected chi connectivity index (χ1v) is 10.3. The van der Waals surface area contributed by atoms with E-state index < -0.39 is 0 Å². The van der Waals surface area contributed by atoms with E-state index in [9.17, 15) is 9.90 Å². The van der Waals surface area contributed by atoms with E-state index in [1.54, 1.807) is 4.68 Å². The first-order chi connectivity index (χ1) is 14.4. The van der Waals surface area contributed by atoms with Crippen LogP contribution in [0, 0.1) is 6.92 Å². The standard InChI is InChI=1S/C23H25N5O2/c1-13-10-16(6-8-24-13)28-9-7-20-17(23(28)30)4-5-19(25-20)18-11-15-12-27(3)26-21(15)14(2)22(18)29/h4-5,7,9,11-13,16,24,29H,6,8,10H2,1-3H3. The summed E-state index contributed by atoms with van der Waals surface area (Å²) < 4.78 is 3.59. The van der Waals surface area contributed by atoms with Crippen LogP contribution in [0.5, 0.6) is 5.75 Å². The van der Waals surface area contributed by atoms with Gasteiger partial charge in [-0.25, -0.2) is 4.98 Å². The quantitative estimate of drug-likeness (QED) is 0.537. The molecule has 1 aromatic carbocycles. The molecule has 2 unspecified atom stereocenters. The Morgan fingerprint density at radius 1 is 1.27 bits per heavy atom. The predicted molar refractivity (Wildman–Crippen MR) is 118 cm³/mol. The fourth-order valence-corrected chi connectivity index (χ4v) is 4.57. The van der Waals surface area contributed by atoms with E-state index in [2.05, 4.69) is 17.3 Å². The van der Waals surface area contributed by atoms with Crippen LogP contribution in [0.3, 0.4) is 0 Å². The molecule has 0 bridgehead atoms. The molecule has 7 heteroatoms. The highest BCUT2D eigenvalue weighted by Crippen LogP contribution is 2.36. The summed E-state index contributed by atoms with van der Waals surface area (Å²) in [6.45, 7) is 4.93. The molecule has 1 fully saturated rings. The Hall–Kier alpha value is -3.19. The SMILES string of the molecule is Cc1c(O)c(-c2ccc3c(=O)n(C4CCNC(C)C4)ccc3n2)cc2cn(C)nc12. The number of benzene rings is 1. The molecular weight excluding hydrogens is 378 g/mol. The van der Waals surface area contributed by atoms with E-state index in [1.807, 2.05) is 55.2 Å².